The maximum Gasteiger partial charge on any atom is 0.417 e. The van der Waals surface area contributed by atoms with Crippen LogP contribution in [0, 0.1) is 11.6 Å². The summed E-state index contributed by atoms with van der Waals surface area (Å²) in [6, 6.07) is 4.03. The van der Waals surface area contributed by atoms with E-state index in [1.54, 1.807) is 0 Å². The van der Waals surface area contributed by atoms with E-state index in [9.17, 15) is 31.5 Å². The molecular weight excluding hydrogens is 509 g/mol. The predicted octanol–water partition coefficient (Wildman–Crippen LogP) is 4.70. The van der Waals surface area contributed by atoms with Crippen molar-refractivity contribution in [3.05, 3.63) is 86.4 Å². The van der Waals surface area contributed by atoms with Gasteiger partial charge in [0.15, 0.2) is 0 Å². The minimum atomic E-state index is -5.13. The number of rotatable bonds is 5. The lowest BCUT2D eigenvalue weighted by Gasteiger charge is -2.23. The van der Waals surface area contributed by atoms with E-state index < -0.39 is 52.4 Å². The number of nitrogens with two attached hydrogens (primary N) is 2. The Kier molecular flexibility index (Phi) is 6.40. The van der Waals surface area contributed by atoms with Crippen LogP contribution < -0.4 is 21.5 Å². The highest BCUT2D eigenvalue weighted by Crippen LogP contribution is 2.49. The number of carbonyl (C=O) groups excluding carboxylic acids is 2. The zero-order valence-electron chi connectivity index (χ0n) is 18.4. The van der Waals surface area contributed by atoms with E-state index in [4.69, 9.17) is 27.8 Å². The number of methoxy groups -OCH3 is 1. The van der Waals surface area contributed by atoms with Gasteiger partial charge < -0.3 is 21.5 Å². The van der Waals surface area contributed by atoms with Crippen LogP contribution in [0.2, 0.25) is 5.02 Å². The third-order valence-corrected chi connectivity index (χ3v) is 6.17. The Hall–Kier alpha value is -3.70. The van der Waals surface area contributed by atoms with Crippen LogP contribution in [0.25, 0.3) is 11.1 Å². The molecule has 3 aromatic carbocycles. The molecule has 3 aromatic rings. The number of primary amides is 1. The van der Waals surface area contributed by atoms with Crippen molar-refractivity contribution in [1.82, 2.24) is 5.32 Å². The van der Waals surface area contributed by atoms with Crippen molar-refractivity contribution in [1.29, 1.82) is 0 Å². The Bertz CT molecular complexity index is 1430. The van der Waals surface area contributed by atoms with Crippen LogP contribution in [-0.2, 0) is 12.7 Å². The molecule has 0 saturated heterocycles. The summed E-state index contributed by atoms with van der Waals surface area (Å²) < 4.78 is 76.1. The molecule has 0 radical (unpaired) electrons. The second-order valence-electron chi connectivity index (χ2n) is 7.92. The molecule has 1 atom stereocenters. The van der Waals surface area contributed by atoms with Crippen LogP contribution in [0.3, 0.4) is 0 Å². The van der Waals surface area contributed by atoms with Gasteiger partial charge in [0.1, 0.15) is 17.4 Å². The summed E-state index contributed by atoms with van der Waals surface area (Å²) in [6.07, 6.45) is -5.13. The summed E-state index contributed by atoms with van der Waals surface area (Å²) in [4.78, 5) is 25.3. The average Bonchev–Trinajstić information content (AvgIpc) is 3.15. The number of nitrogens with one attached hydrogen (secondary N) is 1. The Morgan fingerprint density at radius 2 is 1.81 bits per heavy atom. The minimum absolute atomic E-state index is 0.00708. The SMILES string of the molecule is COc1c(CN)cc(-c2c(C(N)=O)cc(F)cc2C(F)(F)F)c2c1C(=O)NC2c1cc(F)ccc1Cl. The molecule has 36 heavy (non-hydrogen) atoms. The van der Waals surface area contributed by atoms with Gasteiger partial charge in [-0.3, -0.25) is 9.59 Å². The van der Waals surface area contributed by atoms with E-state index >= 15 is 0 Å². The Morgan fingerprint density at radius 3 is 2.39 bits per heavy atom. The van der Waals surface area contributed by atoms with Gasteiger partial charge in [-0.05, 0) is 42.0 Å². The molecular formula is C24H17ClF5N3O3. The van der Waals surface area contributed by atoms with Crippen LogP contribution >= 0.6 is 11.6 Å². The molecule has 0 aliphatic carbocycles. The molecule has 0 fully saturated rings. The van der Waals surface area contributed by atoms with E-state index in [-0.39, 0.29) is 51.2 Å². The molecule has 0 spiro atoms. The number of hydrogen-bond acceptors (Lipinski definition) is 4. The van der Waals surface area contributed by atoms with Crippen molar-refractivity contribution in [3.8, 4) is 16.9 Å². The van der Waals surface area contributed by atoms with Crippen LogP contribution in [-0.4, -0.2) is 18.9 Å². The molecule has 0 saturated carbocycles. The normalized spacial score (nSPS) is 15.0. The van der Waals surface area contributed by atoms with Crippen molar-refractivity contribution in [2.24, 2.45) is 11.5 Å². The van der Waals surface area contributed by atoms with Crippen molar-refractivity contribution in [2.75, 3.05) is 7.11 Å². The first kappa shape index (κ1) is 25.4. The molecule has 188 valence electrons. The maximum absolute atomic E-state index is 14.2. The smallest absolute Gasteiger partial charge is 0.417 e. The zero-order valence-corrected chi connectivity index (χ0v) is 19.2. The molecule has 2 amide bonds. The van der Waals surface area contributed by atoms with Gasteiger partial charge in [-0.1, -0.05) is 11.6 Å². The second-order valence-corrected chi connectivity index (χ2v) is 8.33. The highest BCUT2D eigenvalue weighted by Gasteiger charge is 2.42. The number of carbonyl (C=O) groups is 2. The molecule has 5 N–H and O–H groups in total. The number of fused-ring (bicyclic) bond motifs is 1. The Balaban J connectivity index is 2.21. The van der Waals surface area contributed by atoms with Gasteiger partial charge in [-0.2, -0.15) is 13.2 Å². The van der Waals surface area contributed by atoms with Crippen molar-refractivity contribution < 1.29 is 36.3 Å². The quantitative estimate of drug-likeness (QED) is 0.420. The Morgan fingerprint density at radius 1 is 1.11 bits per heavy atom. The fourth-order valence-electron chi connectivity index (χ4n) is 4.41. The topological polar surface area (TPSA) is 107 Å². The van der Waals surface area contributed by atoms with Gasteiger partial charge in [-0.25, -0.2) is 8.78 Å². The third-order valence-electron chi connectivity index (χ3n) is 5.82. The van der Waals surface area contributed by atoms with Gasteiger partial charge >= 0.3 is 6.18 Å². The van der Waals surface area contributed by atoms with E-state index in [1.165, 1.54) is 19.2 Å². The summed E-state index contributed by atoms with van der Waals surface area (Å²) in [5.74, 6) is -4.20. The fourth-order valence-corrected chi connectivity index (χ4v) is 4.64. The monoisotopic (exact) mass is 525 g/mol. The first-order valence-electron chi connectivity index (χ1n) is 10.3. The number of halogens is 6. The lowest BCUT2D eigenvalue weighted by Crippen LogP contribution is -2.21. The van der Waals surface area contributed by atoms with E-state index in [0.29, 0.717) is 6.07 Å². The first-order valence-corrected chi connectivity index (χ1v) is 10.7. The van der Waals surface area contributed by atoms with Gasteiger partial charge in [0.25, 0.3) is 5.91 Å². The molecule has 12 heteroatoms. The van der Waals surface area contributed by atoms with Crippen LogP contribution in [0.4, 0.5) is 22.0 Å². The molecule has 1 aliphatic rings. The molecule has 0 aromatic heterocycles. The van der Waals surface area contributed by atoms with Crippen molar-refractivity contribution >= 4 is 23.4 Å². The maximum atomic E-state index is 14.2. The predicted molar refractivity (Wildman–Crippen MR) is 121 cm³/mol. The summed E-state index contributed by atoms with van der Waals surface area (Å²) in [5.41, 5.74) is 7.67. The molecule has 0 bridgehead atoms. The standard InChI is InChI=1S/C24H17ClF5N3O3/c1-36-21-9(8-31)4-13(17-14(22(32)34)6-11(27)7-15(17)24(28,29)30)18-19(21)23(35)33-20(18)12-5-10(26)2-3-16(12)25/h2-7,20H,8,31H2,1H3,(H2,32,34)(H,33,35). The highest BCUT2D eigenvalue weighted by atomic mass is 35.5. The summed E-state index contributed by atoms with van der Waals surface area (Å²) in [5, 5.41) is 2.58. The average molecular weight is 526 g/mol. The van der Waals surface area contributed by atoms with Gasteiger partial charge in [-0.15, -0.1) is 0 Å². The third kappa shape index (κ3) is 4.14. The summed E-state index contributed by atoms with van der Waals surface area (Å²) in [6.45, 7) is -0.267. The minimum Gasteiger partial charge on any atom is -0.496 e. The first-order chi connectivity index (χ1) is 16.9. The van der Waals surface area contributed by atoms with Crippen LogP contribution in [0.15, 0.2) is 36.4 Å². The fraction of sp³-hybridized carbons (Fsp3) is 0.167. The molecule has 1 heterocycles. The molecule has 4 rings (SSSR count). The van der Waals surface area contributed by atoms with Crippen LogP contribution in [0.5, 0.6) is 5.75 Å². The second kappa shape index (κ2) is 9.07. The number of ether oxygens (including phenoxy) is 1. The summed E-state index contributed by atoms with van der Waals surface area (Å²) >= 11 is 6.25. The van der Waals surface area contributed by atoms with Gasteiger partial charge in [0, 0.05) is 33.8 Å². The van der Waals surface area contributed by atoms with Gasteiger partial charge in [0.05, 0.1) is 29.8 Å². The molecule has 1 aliphatic heterocycles. The zero-order chi connectivity index (χ0) is 26.5. The molecule has 6 nitrogen and oxygen atoms in total. The van der Waals surface area contributed by atoms with Crippen LogP contribution in [0.1, 0.15) is 49.0 Å². The van der Waals surface area contributed by atoms with Crippen molar-refractivity contribution in [3.63, 3.8) is 0 Å². The van der Waals surface area contributed by atoms with Gasteiger partial charge in [0.2, 0.25) is 5.91 Å². The number of hydrogen-bond donors (Lipinski definition) is 3. The highest BCUT2D eigenvalue weighted by molar-refractivity contribution is 6.31. The molecule has 1 unspecified atom stereocenters. The number of amides is 2. The van der Waals surface area contributed by atoms with Crippen molar-refractivity contribution in [2.45, 2.75) is 18.8 Å². The van der Waals surface area contributed by atoms with E-state index in [0.717, 1.165) is 12.1 Å². The van der Waals surface area contributed by atoms with E-state index in [2.05, 4.69) is 5.32 Å². The lowest BCUT2D eigenvalue weighted by atomic mass is 9.83. The van der Waals surface area contributed by atoms with E-state index in [1.807, 2.05) is 0 Å². The largest absolute Gasteiger partial charge is 0.496 e. The summed E-state index contributed by atoms with van der Waals surface area (Å²) in [7, 11) is 1.23. The number of benzene rings is 3. The number of alkyl halides is 3. The lowest BCUT2D eigenvalue weighted by molar-refractivity contribution is -0.137. The Labute approximate surface area is 206 Å².